The number of anilines is 1. The van der Waals surface area contributed by atoms with E-state index in [1.807, 2.05) is 49.4 Å². The van der Waals surface area contributed by atoms with Crippen LogP contribution in [0, 0.1) is 0 Å². The third-order valence-corrected chi connectivity index (χ3v) is 4.25. The van der Waals surface area contributed by atoms with Crippen molar-refractivity contribution in [2.45, 2.75) is 19.4 Å². The molecule has 0 aliphatic heterocycles. The molecule has 25 heavy (non-hydrogen) atoms. The van der Waals surface area contributed by atoms with Crippen LogP contribution in [0.2, 0.25) is 10.0 Å². The highest BCUT2D eigenvalue weighted by Gasteiger charge is 2.19. The van der Waals surface area contributed by atoms with Crippen molar-refractivity contribution >= 4 is 45.6 Å². The van der Waals surface area contributed by atoms with E-state index in [0.29, 0.717) is 27.9 Å². The average Bonchev–Trinajstić information content (AvgIpc) is 2.58. The standard InChI is InChI=1S/C20H17Cl2NO2/c1-2-18(20(24)23-16-11-14(21)10-15(22)12-16)25-19-9-5-7-13-6-3-4-8-17(13)19/h3-12,18H,2H2,1H3,(H,23,24)/t18-/m0/s1. The van der Waals surface area contributed by atoms with Gasteiger partial charge in [0, 0.05) is 21.1 Å². The predicted octanol–water partition coefficient (Wildman–Crippen LogP) is 5.94. The maximum absolute atomic E-state index is 12.6. The van der Waals surface area contributed by atoms with E-state index in [4.69, 9.17) is 27.9 Å². The van der Waals surface area contributed by atoms with Crippen molar-refractivity contribution in [3.63, 3.8) is 0 Å². The van der Waals surface area contributed by atoms with E-state index in [-0.39, 0.29) is 5.91 Å². The molecule has 0 bridgehead atoms. The number of rotatable bonds is 5. The summed E-state index contributed by atoms with van der Waals surface area (Å²) in [5.41, 5.74) is 0.544. The minimum atomic E-state index is -0.622. The van der Waals surface area contributed by atoms with Crippen molar-refractivity contribution in [2.24, 2.45) is 0 Å². The van der Waals surface area contributed by atoms with Crippen LogP contribution in [0.15, 0.2) is 60.7 Å². The maximum Gasteiger partial charge on any atom is 0.265 e. The van der Waals surface area contributed by atoms with Gasteiger partial charge in [-0.05, 0) is 36.1 Å². The van der Waals surface area contributed by atoms with Crippen molar-refractivity contribution < 1.29 is 9.53 Å². The van der Waals surface area contributed by atoms with E-state index >= 15 is 0 Å². The first-order chi connectivity index (χ1) is 12.1. The number of nitrogens with one attached hydrogen (secondary N) is 1. The van der Waals surface area contributed by atoms with Crippen LogP contribution in [0.4, 0.5) is 5.69 Å². The lowest BCUT2D eigenvalue weighted by atomic mass is 10.1. The molecular weight excluding hydrogens is 357 g/mol. The first-order valence-electron chi connectivity index (χ1n) is 7.98. The second kappa shape index (κ2) is 7.77. The lowest BCUT2D eigenvalue weighted by molar-refractivity contribution is -0.122. The summed E-state index contributed by atoms with van der Waals surface area (Å²) in [5.74, 6) is 0.443. The fourth-order valence-electron chi connectivity index (χ4n) is 2.62. The van der Waals surface area contributed by atoms with Crippen molar-refractivity contribution in [1.82, 2.24) is 0 Å². The Hall–Kier alpha value is -2.23. The molecule has 0 heterocycles. The van der Waals surface area contributed by atoms with E-state index < -0.39 is 6.10 Å². The van der Waals surface area contributed by atoms with Gasteiger partial charge < -0.3 is 10.1 Å². The van der Waals surface area contributed by atoms with Crippen LogP contribution in [0.3, 0.4) is 0 Å². The largest absolute Gasteiger partial charge is 0.480 e. The fourth-order valence-corrected chi connectivity index (χ4v) is 3.15. The Labute approximate surface area is 156 Å². The van der Waals surface area contributed by atoms with Gasteiger partial charge in [0.15, 0.2) is 6.10 Å². The zero-order chi connectivity index (χ0) is 17.8. The quantitative estimate of drug-likeness (QED) is 0.600. The number of fused-ring (bicyclic) bond motifs is 1. The summed E-state index contributed by atoms with van der Waals surface area (Å²) in [7, 11) is 0. The third-order valence-electron chi connectivity index (χ3n) is 3.81. The molecule has 0 radical (unpaired) electrons. The van der Waals surface area contributed by atoms with E-state index in [9.17, 15) is 4.79 Å². The van der Waals surface area contributed by atoms with Crippen LogP contribution in [0.5, 0.6) is 5.75 Å². The summed E-state index contributed by atoms with van der Waals surface area (Å²) < 4.78 is 5.99. The molecule has 0 aromatic heterocycles. The van der Waals surface area contributed by atoms with Gasteiger partial charge in [-0.3, -0.25) is 4.79 Å². The van der Waals surface area contributed by atoms with Gasteiger partial charge in [-0.1, -0.05) is 66.5 Å². The molecule has 0 saturated heterocycles. The van der Waals surface area contributed by atoms with Gasteiger partial charge in [0.2, 0.25) is 0 Å². The highest BCUT2D eigenvalue weighted by Crippen LogP contribution is 2.27. The minimum absolute atomic E-state index is 0.242. The van der Waals surface area contributed by atoms with E-state index in [1.54, 1.807) is 18.2 Å². The Morgan fingerprint density at radius 3 is 2.44 bits per heavy atom. The van der Waals surface area contributed by atoms with E-state index in [0.717, 1.165) is 10.8 Å². The fraction of sp³-hybridized carbons (Fsp3) is 0.150. The molecule has 3 aromatic carbocycles. The van der Waals surface area contributed by atoms with Crippen LogP contribution in [0.25, 0.3) is 10.8 Å². The van der Waals surface area contributed by atoms with Gasteiger partial charge in [0.25, 0.3) is 5.91 Å². The Balaban J connectivity index is 1.80. The Morgan fingerprint density at radius 1 is 1.04 bits per heavy atom. The molecule has 0 saturated carbocycles. The Kier molecular flexibility index (Phi) is 5.47. The number of ether oxygens (including phenoxy) is 1. The molecule has 128 valence electrons. The molecule has 3 nitrogen and oxygen atoms in total. The lowest BCUT2D eigenvalue weighted by Crippen LogP contribution is -2.32. The summed E-state index contributed by atoms with van der Waals surface area (Å²) in [4.78, 5) is 12.6. The number of hydrogen-bond acceptors (Lipinski definition) is 2. The summed E-state index contributed by atoms with van der Waals surface area (Å²) in [6.45, 7) is 1.90. The number of carbonyl (C=O) groups excluding carboxylic acids is 1. The van der Waals surface area contributed by atoms with Crippen molar-refractivity contribution in [2.75, 3.05) is 5.32 Å². The van der Waals surface area contributed by atoms with Gasteiger partial charge in [0.05, 0.1) is 0 Å². The van der Waals surface area contributed by atoms with E-state index in [2.05, 4.69) is 5.32 Å². The van der Waals surface area contributed by atoms with Crippen molar-refractivity contribution in [3.8, 4) is 5.75 Å². The van der Waals surface area contributed by atoms with Gasteiger partial charge in [-0.15, -0.1) is 0 Å². The average molecular weight is 374 g/mol. The number of halogens is 2. The predicted molar refractivity (Wildman–Crippen MR) is 104 cm³/mol. The molecule has 0 aliphatic carbocycles. The highest BCUT2D eigenvalue weighted by atomic mass is 35.5. The molecular formula is C20H17Cl2NO2. The van der Waals surface area contributed by atoms with Gasteiger partial charge in [-0.25, -0.2) is 0 Å². The van der Waals surface area contributed by atoms with Crippen LogP contribution < -0.4 is 10.1 Å². The maximum atomic E-state index is 12.6. The molecule has 0 aliphatic rings. The monoisotopic (exact) mass is 373 g/mol. The molecule has 0 unspecified atom stereocenters. The normalized spacial score (nSPS) is 12.0. The molecule has 1 atom stereocenters. The van der Waals surface area contributed by atoms with Crippen LogP contribution in [-0.2, 0) is 4.79 Å². The molecule has 1 N–H and O–H groups in total. The summed E-state index contributed by atoms with van der Waals surface area (Å²) >= 11 is 12.0. The molecule has 0 fully saturated rings. The summed E-state index contributed by atoms with van der Waals surface area (Å²) in [6.07, 6.45) is -0.0906. The molecule has 3 rings (SSSR count). The van der Waals surface area contributed by atoms with Crippen LogP contribution >= 0.6 is 23.2 Å². The number of amides is 1. The second-order valence-corrected chi connectivity index (χ2v) is 6.51. The van der Waals surface area contributed by atoms with Crippen LogP contribution in [-0.4, -0.2) is 12.0 Å². The SMILES string of the molecule is CC[C@H](Oc1cccc2ccccc12)C(=O)Nc1cc(Cl)cc(Cl)c1. The Bertz CT molecular complexity index is 886. The van der Waals surface area contributed by atoms with Crippen molar-refractivity contribution in [3.05, 3.63) is 70.7 Å². The summed E-state index contributed by atoms with van der Waals surface area (Å²) in [6, 6.07) is 18.6. The van der Waals surface area contributed by atoms with E-state index in [1.165, 1.54) is 0 Å². The summed E-state index contributed by atoms with van der Waals surface area (Å²) in [5, 5.41) is 5.78. The first kappa shape index (κ1) is 17.6. The molecule has 5 heteroatoms. The smallest absolute Gasteiger partial charge is 0.265 e. The molecule has 1 amide bonds. The van der Waals surface area contributed by atoms with Crippen LogP contribution in [0.1, 0.15) is 13.3 Å². The molecule has 3 aromatic rings. The third kappa shape index (κ3) is 4.25. The molecule has 0 spiro atoms. The Morgan fingerprint density at radius 2 is 1.72 bits per heavy atom. The van der Waals surface area contributed by atoms with Gasteiger partial charge >= 0.3 is 0 Å². The zero-order valence-corrected chi connectivity index (χ0v) is 15.1. The minimum Gasteiger partial charge on any atom is -0.480 e. The number of hydrogen-bond donors (Lipinski definition) is 1. The number of carbonyl (C=O) groups is 1. The second-order valence-electron chi connectivity index (χ2n) is 5.64. The first-order valence-corrected chi connectivity index (χ1v) is 8.74. The number of benzene rings is 3. The van der Waals surface area contributed by atoms with Gasteiger partial charge in [0.1, 0.15) is 5.75 Å². The highest BCUT2D eigenvalue weighted by molar-refractivity contribution is 6.35. The lowest BCUT2D eigenvalue weighted by Gasteiger charge is -2.18. The van der Waals surface area contributed by atoms with Crippen molar-refractivity contribution in [1.29, 1.82) is 0 Å². The zero-order valence-electron chi connectivity index (χ0n) is 13.6. The van der Waals surface area contributed by atoms with Gasteiger partial charge in [-0.2, -0.15) is 0 Å². The topological polar surface area (TPSA) is 38.3 Å².